The molecule has 0 saturated heterocycles. The van der Waals surface area contributed by atoms with Crippen LogP contribution in [-0.4, -0.2) is 19.1 Å². The lowest BCUT2D eigenvalue weighted by Gasteiger charge is -2.13. The summed E-state index contributed by atoms with van der Waals surface area (Å²) in [6, 6.07) is 4.93. The minimum atomic E-state index is -0.469. The Labute approximate surface area is 116 Å². The molecule has 18 heavy (non-hydrogen) atoms. The zero-order valence-corrected chi connectivity index (χ0v) is 12.3. The predicted octanol–water partition coefficient (Wildman–Crippen LogP) is 2.91. The van der Waals surface area contributed by atoms with E-state index in [1.165, 1.54) is 0 Å². The summed E-state index contributed by atoms with van der Waals surface area (Å²) >= 11 is 3.38. The average molecular weight is 315 g/mol. The number of nitrogens with one attached hydrogen (secondary N) is 1. The maximum absolute atomic E-state index is 11.9. The standard InChI is InChI=1S/C13H19BrN2O2/c1-3-4-5-11(15)13(17)16-12-8-9(18-2)6-7-10(12)14/h6-8,11H,3-5,15H2,1-2H3,(H,16,17). The number of amides is 1. The highest BCUT2D eigenvalue weighted by molar-refractivity contribution is 9.10. The Morgan fingerprint density at radius 3 is 2.89 bits per heavy atom. The van der Waals surface area contributed by atoms with Crippen LogP contribution in [0.15, 0.2) is 22.7 Å². The smallest absolute Gasteiger partial charge is 0.241 e. The van der Waals surface area contributed by atoms with Crippen molar-refractivity contribution in [1.82, 2.24) is 0 Å². The zero-order valence-electron chi connectivity index (χ0n) is 10.7. The Balaban J connectivity index is 2.68. The van der Waals surface area contributed by atoms with Crippen LogP contribution in [0.5, 0.6) is 5.75 Å². The quantitative estimate of drug-likeness (QED) is 0.848. The summed E-state index contributed by atoms with van der Waals surface area (Å²) < 4.78 is 5.92. The Bertz CT molecular complexity index is 410. The minimum absolute atomic E-state index is 0.169. The average Bonchev–Trinajstić information content (AvgIpc) is 2.38. The van der Waals surface area contributed by atoms with Gasteiger partial charge in [0.1, 0.15) is 5.75 Å². The molecule has 0 fully saturated rings. The van der Waals surface area contributed by atoms with Crippen LogP contribution < -0.4 is 15.8 Å². The summed E-state index contributed by atoms with van der Waals surface area (Å²) in [4.78, 5) is 11.9. The second-order valence-electron chi connectivity index (χ2n) is 4.08. The highest BCUT2D eigenvalue weighted by Crippen LogP contribution is 2.27. The van der Waals surface area contributed by atoms with Crippen LogP contribution in [0.2, 0.25) is 0 Å². The summed E-state index contributed by atoms with van der Waals surface area (Å²) in [7, 11) is 1.59. The summed E-state index contributed by atoms with van der Waals surface area (Å²) in [6.45, 7) is 2.07. The number of halogens is 1. The number of hydrogen-bond acceptors (Lipinski definition) is 3. The van der Waals surface area contributed by atoms with E-state index in [2.05, 4.69) is 28.2 Å². The van der Waals surface area contributed by atoms with Gasteiger partial charge in [0.25, 0.3) is 0 Å². The van der Waals surface area contributed by atoms with Crippen molar-refractivity contribution in [2.75, 3.05) is 12.4 Å². The Kier molecular flexibility index (Phi) is 6.15. The second-order valence-corrected chi connectivity index (χ2v) is 4.94. The molecule has 1 atom stereocenters. The van der Waals surface area contributed by atoms with Crippen molar-refractivity contribution < 1.29 is 9.53 Å². The van der Waals surface area contributed by atoms with Gasteiger partial charge in [-0.1, -0.05) is 19.8 Å². The van der Waals surface area contributed by atoms with Crippen molar-refractivity contribution in [2.45, 2.75) is 32.2 Å². The van der Waals surface area contributed by atoms with Gasteiger partial charge in [0.2, 0.25) is 5.91 Å². The van der Waals surface area contributed by atoms with E-state index in [1.54, 1.807) is 13.2 Å². The first kappa shape index (κ1) is 15.0. The highest BCUT2D eigenvalue weighted by atomic mass is 79.9. The van der Waals surface area contributed by atoms with Gasteiger partial charge in [-0.25, -0.2) is 0 Å². The van der Waals surface area contributed by atoms with Crippen LogP contribution in [0.3, 0.4) is 0 Å². The molecule has 1 amide bonds. The van der Waals surface area contributed by atoms with Gasteiger partial charge in [0, 0.05) is 10.5 Å². The van der Waals surface area contributed by atoms with E-state index in [0.29, 0.717) is 17.9 Å². The van der Waals surface area contributed by atoms with E-state index in [9.17, 15) is 4.79 Å². The number of carbonyl (C=O) groups is 1. The lowest BCUT2D eigenvalue weighted by Crippen LogP contribution is -2.35. The summed E-state index contributed by atoms with van der Waals surface area (Å²) in [6.07, 6.45) is 2.68. The van der Waals surface area contributed by atoms with E-state index in [4.69, 9.17) is 10.5 Å². The normalized spacial score (nSPS) is 12.0. The molecule has 0 aliphatic rings. The molecule has 1 unspecified atom stereocenters. The number of carbonyl (C=O) groups excluding carboxylic acids is 1. The van der Waals surface area contributed by atoms with Crippen molar-refractivity contribution in [3.8, 4) is 5.75 Å². The van der Waals surface area contributed by atoms with Gasteiger partial charge in [-0.05, 0) is 34.5 Å². The minimum Gasteiger partial charge on any atom is -0.497 e. The summed E-state index contributed by atoms with van der Waals surface area (Å²) in [5.41, 5.74) is 6.49. The van der Waals surface area contributed by atoms with Crippen LogP contribution >= 0.6 is 15.9 Å². The van der Waals surface area contributed by atoms with Crippen molar-refractivity contribution in [1.29, 1.82) is 0 Å². The zero-order chi connectivity index (χ0) is 13.5. The van der Waals surface area contributed by atoms with Crippen molar-refractivity contribution in [3.63, 3.8) is 0 Å². The molecule has 0 spiro atoms. The molecule has 0 aliphatic heterocycles. The Hall–Kier alpha value is -1.07. The SMILES string of the molecule is CCCCC(N)C(=O)Nc1cc(OC)ccc1Br. The molecule has 1 aromatic rings. The van der Waals surface area contributed by atoms with Gasteiger partial charge < -0.3 is 15.8 Å². The molecule has 0 radical (unpaired) electrons. The fraction of sp³-hybridized carbons (Fsp3) is 0.462. The first-order chi connectivity index (χ1) is 8.58. The van der Waals surface area contributed by atoms with Gasteiger partial charge in [-0.2, -0.15) is 0 Å². The van der Waals surface area contributed by atoms with Crippen LogP contribution in [0.25, 0.3) is 0 Å². The number of anilines is 1. The molecule has 0 bridgehead atoms. The molecule has 1 aromatic carbocycles. The molecule has 100 valence electrons. The third-order valence-electron chi connectivity index (χ3n) is 2.64. The van der Waals surface area contributed by atoms with Crippen LogP contribution in [-0.2, 0) is 4.79 Å². The topological polar surface area (TPSA) is 64.4 Å². The molecule has 0 heterocycles. The monoisotopic (exact) mass is 314 g/mol. The van der Waals surface area contributed by atoms with Gasteiger partial charge >= 0.3 is 0 Å². The molecule has 3 N–H and O–H groups in total. The molecular weight excluding hydrogens is 296 g/mol. The maximum atomic E-state index is 11.9. The molecule has 4 nitrogen and oxygen atoms in total. The Morgan fingerprint density at radius 1 is 1.56 bits per heavy atom. The van der Waals surface area contributed by atoms with Gasteiger partial charge in [0.05, 0.1) is 18.8 Å². The molecule has 0 aromatic heterocycles. The number of ether oxygens (including phenoxy) is 1. The molecule has 1 rings (SSSR count). The van der Waals surface area contributed by atoms with Gasteiger partial charge in [-0.3, -0.25) is 4.79 Å². The lowest BCUT2D eigenvalue weighted by atomic mass is 10.1. The Morgan fingerprint density at radius 2 is 2.28 bits per heavy atom. The first-order valence-electron chi connectivity index (χ1n) is 5.98. The fourth-order valence-corrected chi connectivity index (χ4v) is 1.85. The summed E-state index contributed by atoms with van der Waals surface area (Å²) in [5, 5.41) is 2.80. The molecular formula is C13H19BrN2O2. The van der Waals surface area contributed by atoms with Gasteiger partial charge in [-0.15, -0.1) is 0 Å². The van der Waals surface area contributed by atoms with Crippen LogP contribution in [0, 0.1) is 0 Å². The van der Waals surface area contributed by atoms with E-state index in [-0.39, 0.29) is 5.91 Å². The first-order valence-corrected chi connectivity index (χ1v) is 6.77. The third kappa shape index (κ3) is 4.31. The predicted molar refractivity (Wildman–Crippen MR) is 76.8 cm³/mol. The second kappa shape index (κ2) is 7.38. The number of nitrogens with two attached hydrogens (primary N) is 1. The van der Waals surface area contributed by atoms with Crippen molar-refractivity contribution in [2.24, 2.45) is 5.73 Å². The van der Waals surface area contributed by atoms with Crippen molar-refractivity contribution >= 4 is 27.5 Å². The van der Waals surface area contributed by atoms with E-state index >= 15 is 0 Å². The largest absolute Gasteiger partial charge is 0.497 e. The van der Waals surface area contributed by atoms with E-state index < -0.39 is 6.04 Å². The van der Waals surface area contributed by atoms with E-state index in [1.807, 2.05) is 12.1 Å². The molecule has 0 saturated carbocycles. The fourth-order valence-electron chi connectivity index (χ4n) is 1.51. The van der Waals surface area contributed by atoms with Gasteiger partial charge in [0.15, 0.2) is 0 Å². The van der Waals surface area contributed by atoms with E-state index in [0.717, 1.165) is 17.3 Å². The van der Waals surface area contributed by atoms with Crippen LogP contribution in [0.4, 0.5) is 5.69 Å². The number of benzene rings is 1. The molecule has 5 heteroatoms. The van der Waals surface area contributed by atoms with Crippen molar-refractivity contribution in [3.05, 3.63) is 22.7 Å². The maximum Gasteiger partial charge on any atom is 0.241 e. The summed E-state index contributed by atoms with van der Waals surface area (Å²) in [5.74, 6) is 0.521. The van der Waals surface area contributed by atoms with Crippen LogP contribution in [0.1, 0.15) is 26.2 Å². The molecule has 0 aliphatic carbocycles. The number of hydrogen-bond donors (Lipinski definition) is 2. The highest BCUT2D eigenvalue weighted by Gasteiger charge is 2.14. The number of unbranched alkanes of at least 4 members (excludes halogenated alkanes) is 1. The number of rotatable bonds is 6. The third-order valence-corrected chi connectivity index (χ3v) is 3.33. The lowest BCUT2D eigenvalue weighted by molar-refractivity contribution is -0.117. The number of methoxy groups -OCH3 is 1.